The average molecular weight is 165 g/mol. The van der Waals surface area contributed by atoms with Crippen molar-refractivity contribution in [1.29, 1.82) is 5.26 Å². The molecule has 0 fully saturated rings. The van der Waals surface area contributed by atoms with Gasteiger partial charge >= 0.3 is 0 Å². The first-order valence-corrected chi connectivity index (χ1v) is 3.51. The van der Waals surface area contributed by atoms with E-state index in [0.717, 1.165) is 5.57 Å². The van der Waals surface area contributed by atoms with Crippen molar-refractivity contribution < 1.29 is 0 Å². The lowest BCUT2D eigenvalue weighted by Gasteiger charge is -2.08. The maximum absolute atomic E-state index is 8.58. The monoisotopic (exact) mass is 165 g/mol. The SMILES string of the molecule is C=C(C)C(C#N)NCCN=[N+]=[N-]. The zero-order valence-corrected chi connectivity index (χ0v) is 6.99. The number of hydrogen-bond acceptors (Lipinski definition) is 3. The third-order valence-corrected chi connectivity index (χ3v) is 1.25. The summed E-state index contributed by atoms with van der Waals surface area (Å²) in [6.07, 6.45) is 0. The largest absolute Gasteiger partial charge is 0.298 e. The molecule has 0 aromatic rings. The molecule has 0 saturated carbocycles. The van der Waals surface area contributed by atoms with Crippen LogP contribution in [-0.4, -0.2) is 19.1 Å². The smallest absolute Gasteiger partial charge is 0.116 e. The van der Waals surface area contributed by atoms with Crippen LogP contribution in [-0.2, 0) is 0 Å². The standard InChI is InChI=1S/C7H11N5/c1-6(2)7(5-8)10-3-4-11-12-9/h7,10H,1,3-4H2,2H3. The highest BCUT2D eigenvalue weighted by Gasteiger charge is 2.04. The third-order valence-electron chi connectivity index (χ3n) is 1.25. The molecule has 0 aromatic carbocycles. The first kappa shape index (κ1) is 10.5. The van der Waals surface area contributed by atoms with Gasteiger partial charge in [0.25, 0.3) is 0 Å². The second-order valence-corrected chi connectivity index (χ2v) is 2.32. The Hall–Kier alpha value is -1.50. The summed E-state index contributed by atoms with van der Waals surface area (Å²) >= 11 is 0. The summed E-state index contributed by atoms with van der Waals surface area (Å²) in [5.74, 6) is 0. The van der Waals surface area contributed by atoms with Crippen LogP contribution in [0.1, 0.15) is 6.92 Å². The lowest BCUT2D eigenvalue weighted by molar-refractivity contribution is 0.664. The Morgan fingerprint density at radius 1 is 1.92 bits per heavy atom. The van der Waals surface area contributed by atoms with Gasteiger partial charge in [0.05, 0.1) is 6.07 Å². The molecule has 1 atom stereocenters. The van der Waals surface area contributed by atoms with E-state index >= 15 is 0 Å². The van der Waals surface area contributed by atoms with Crippen LogP contribution in [0.3, 0.4) is 0 Å². The minimum Gasteiger partial charge on any atom is -0.298 e. The normalized spacial score (nSPS) is 11.0. The molecule has 0 saturated heterocycles. The van der Waals surface area contributed by atoms with E-state index in [1.54, 1.807) is 6.92 Å². The van der Waals surface area contributed by atoms with E-state index in [0.29, 0.717) is 13.1 Å². The Labute approximate surface area is 71.3 Å². The lowest BCUT2D eigenvalue weighted by Crippen LogP contribution is -2.30. The zero-order valence-electron chi connectivity index (χ0n) is 6.99. The van der Waals surface area contributed by atoms with Crippen LogP contribution in [0.2, 0.25) is 0 Å². The summed E-state index contributed by atoms with van der Waals surface area (Å²) in [4.78, 5) is 2.58. The fourth-order valence-electron chi connectivity index (χ4n) is 0.634. The van der Waals surface area contributed by atoms with Crippen molar-refractivity contribution in [2.45, 2.75) is 13.0 Å². The maximum atomic E-state index is 8.58. The number of rotatable bonds is 5. The molecule has 0 radical (unpaired) electrons. The van der Waals surface area contributed by atoms with Gasteiger partial charge in [-0.2, -0.15) is 5.26 Å². The predicted molar refractivity (Wildman–Crippen MR) is 46.2 cm³/mol. The van der Waals surface area contributed by atoms with Gasteiger partial charge in [-0.1, -0.05) is 11.7 Å². The van der Waals surface area contributed by atoms with Crippen molar-refractivity contribution in [2.24, 2.45) is 5.11 Å². The number of nitrogens with zero attached hydrogens (tertiary/aromatic N) is 4. The van der Waals surface area contributed by atoms with Crippen molar-refractivity contribution in [1.82, 2.24) is 5.32 Å². The van der Waals surface area contributed by atoms with Gasteiger partial charge in [-0.25, -0.2) is 0 Å². The van der Waals surface area contributed by atoms with E-state index in [2.05, 4.69) is 21.9 Å². The molecule has 0 aliphatic heterocycles. The Kier molecular flexibility index (Phi) is 5.45. The molecular formula is C7H11N5. The molecule has 1 unspecified atom stereocenters. The summed E-state index contributed by atoms with van der Waals surface area (Å²) in [5, 5.41) is 14.8. The molecule has 1 N–H and O–H groups in total. The molecule has 12 heavy (non-hydrogen) atoms. The molecular weight excluding hydrogens is 154 g/mol. The van der Waals surface area contributed by atoms with Crippen molar-refractivity contribution in [3.63, 3.8) is 0 Å². The highest BCUT2D eigenvalue weighted by atomic mass is 15.1. The van der Waals surface area contributed by atoms with Gasteiger partial charge in [0.1, 0.15) is 6.04 Å². The van der Waals surface area contributed by atoms with Crippen molar-refractivity contribution in [2.75, 3.05) is 13.1 Å². The van der Waals surface area contributed by atoms with E-state index in [-0.39, 0.29) is 6.04 Å². The number of hydrogen-bond donors (Lipinski definition) is 1. The minimum atomic E-state index is -0.348. The van der Waals surface area contributed by atoms with Gasteiger partial charge in [-0.3, -0.25) is 5.32 Å². The zero-order chi connectivity index (χ0) is 9.40. The van der Waals surface area contributed by atoms with Crippen LogP contribution < -0.4 is 5.32 Å². The highest BCUT2D eigenvalue weighted by molar-refractivity contribution is 5.12. The summed E-state index contributed by atoms with van der Waals surface area (Å²) in [7, 11) is 0. The van der Waals surface area contributed by atoms with Crippen molar-refractivity contribution >= 4 is 0 Å². The molecule has 64 valence electrons. The molecule has 5 nitrogen and oxygen atoms in total. The van der Waals surface area contributed by atoms with Gasteiger partial charge in [0.15, 0.2) is 0 Å². The third kappa shape index (κ3) is 4.34. The average Bonchev–Trinajstić information content (AvgIpc) is 2.04. The molecule has 0 heterocycles. The van der Waals surface area contributed by atoms with Gasteiger partial charge in [0.2, 0.25) is 0 Å². The van der Waals surface area contributed by atoms with E-state index in [1.807, 2.05) is 6.07 Å². The van der Waals surface area contributed by atoms with Crippen LogP contribution in [0.5, 0.6) is 0 Å². The second kappa shape index (κ2) is 6.23. The molecule has 0 aromatic heterocycles. The molecule has 0 bridgehead atoms. The van der Waals surface area contributed by atoms with Crippen LogP contribution in [0.25, 0.3) is 10.4 Å². The van der Waals surface area contributed by atoms with Gasteiger partial charge in [0, 0.05) is 18.0 Å². The maximum Gasteiger partial charge on any atom is 0.116 e. The molecule has 0 amide bonds. The first-order chi connectivity index (χ1) is 5.72. The fraction of sp³-hybridized carbons (Fsp3) is 0.571. The van der Waals surface area contributed by atoms with Gasteiger partial charge in [-0.15, -0.1) is 0 Å². The topological polar surface area (TPSA) is 84.6 Å². The van der Waals surface area contributed by atoms with Crippen LogP contribution >= 0.6 is 0 Å². The molecule has 0 rings (SSSR count). The van der Waals surface area contributed by atoms with Gasteiger partial charge in [-0.05, 0) is 18.0 Å². The molecule has 0 aliphatic carbocycles. The number of azide groups is 1. The quantitative estimate of drug-likeness (QED) is 0.219. The Bertz CT molecular complexity index is 233. The second-order valence-electron chi connectivity index (χ2n) is 2.32. The predicted octanol–water partition coefficient (Wildman–Crippen LogP) is 1.35. The van der Waals surface area contributed by atoms with E-state index in [1.165, 1.54) is 0 Å². The van der Waals surface area contributed by atoms with Crippen LogP contribution in [0.4, 0.5) is 0 Å². The van der Waals surface area contributed by atoms with Crippen molar-refractivity contribution in [3.05, 3.63) is 22.6 Å². The summed E-state index contributed by atoms with van der Waals surface area (Å²) in [6.45, 7) is 6.25. The highest BCUT2D eigenvalue weighted by Crippen LogP contribution is 1.94. The minimum absolute atomic E-state index is 0.348. The summed E-state index contributed by atoms with van der Waals surface area (Å²) in [5.41, 5.74) is 8.71. The Balaban J connectivity index is 3.68. The summed E-state index contributed by atoms with van der Waals surface area (Å²) in [6, 6.07) is 1.68. The Morgan fingerprint density at radius 3 is 3.00 bits per heavy atom. The number of nitriles is 1. The van der Waals surface area contributed by atoms with E-state index in [9.17, 15) is 0 Å². The first-order valence-electron chi connectivity index (χ1n) is 3.51. The molecule has 0 spiro atoms. The van der Waals surface area contributed by atoms with Crippen molar-refractivity contribution in [3.8, 4) is 6.07 Å². The molecule has 5 heteroatoms. The van der Waals surface area contributed by atoms with E-state index in [4.69, 9.17) is 10.8 Å². The van der Waals surface area contributed by atoms with Crippen LogP contribution in [0.15, 0.2) is 17.3 Å². The lowest BCUT2D eigenvalue weighted by atomic mass is 10.2. The van der Waals surface area contributed by atoms with Crippen LogP contribution in [0, 0.1) is 11.3 Å². The molecule has 0 aliphatic rings. The van der Waals surface area contributed by atoms with E-state index < -0.39 is 0 Å². The Morgan fingerprint density at radius 2 is 2.58 bits per heavy atom. The summed E-state index contributed by atoms with van der Waals surface area (Å²) < 4.78 is 0. The fourth-order valence-corrected chi connectivity index (χ4v) is 0.634. The van der Waals surface area contributed by atoms with Gasteiger partial charge < -0.3 is 0 Å². The number of nitrogens with one attached hydrogen (secondary N) is 1.